The molecule has 0 amide bonds. The summed E-state index contributed by atoms with van der Waals surface area (Å²) >= 11 is 0. The molecule has 1 aliphatic rings. The van der Waals surface area contributed by atoms with Crippen LogP contribution in [0.15, 0.2) is 30.3 Å². The standard InChI is InChI=1S/C14H17NO5S/c16-14(17)5-4-11-2-1-3-12(10-11)15-21(18,19)13-6-8-20-9-7-13/h1-5,10,13,15H,6-9H2,(H,16,17)/b5-4+. The van der Waals surface area contributed by atoms with Crippen LogP contribution in [0, 0.1) is 0 Å². The third-order valence-corrected chi connectivity index (χ3v) is 5.04. The molecule has 0 atom stereocenters. The second-order valence-electron chi connectivity index (χ2n) is 4.76. The smallest absolute Gasteiger partial charge is 0.328 e. The number of hydrogen-bond acceptors (Lipinski definition) is 4. The van der Waals surface area contributed by atoms with Crippen molar-refractivity contribution in [3.63, 3.8) is 0 Å². The molecular weight excluding hydrogens is 294 g/mol. The van der Waals surface area contributed by atoms with Crippen molar-refractivity contribution in [2.24, 2.45) is 0 Å². The Balaban J connectivity index is 2.11. The maximum atomic E-state index is 12.3. The highest BCUT2D eigenvalue weighted by molar-refractivity contribution is 7.93. The van der Waals surface area contributed by atoms with Crippen molar-refractivity contribution in [2.45, 2.75) is 18.1 Å². The summed E-state index contributed by atoms with van der Waals surface area (Å²) in [7, 11) is -3.45. The van der Waals surface area contributed by atoms with E-state index in [1.54, 1.807) is 24.3 Å². The van der Waals surface area contributed by atoms with Gasteiger partial charge in [0.2, 0.25) is 10.0 Å². The van der Waals surface area contributed by atoms with Gasteiger partial charge in [0.05, 0.1) is 5.25 Å². The number of nitrogens with one attached hydrogen (secondary N) is 1. The van der Waals surface area contributed by atoms with Gasteiger partial charge in [-0.2, -0.15) is 0 Å². The molecule has 0 radical (unpaired) electrons. The second kappa shape index (κ2) is 6.73. The zero-order chi connectivity index (χ0) is 15.3. The fourth-order valence-corrected chi connectivity index (χ4v) is 3.54. The second-order valence-corrected chi connectivity index (χ2v) is 6.72. The van der Waals surface area contributed by atoms with E-state index in [4.69, 9.17) is 9.84 Å². The van der Waals surface area contributed by atoms with Crippen LogP contribution < -0.4 is 4.72 Å². The number of carboxylic acids is 1. The van der Waals surface area contributed by atoms with Crippen LogP contribution in [0.4, 0.5) is 5.69 Å². The van der Waals surface area contributed by atoms with E-state index in [0.29, 0.717) is 37.3 Å². The number of aliphatic carboxylic acids is 1. The first kappa shape index (κ1) is 15.5. The number of carboxylic acid groups (broad SMARTS) is 1. The van der Waals surface area contributed by atoms with Gasteiger partial charge in [-0.15, -0.1) is 0 Å². The average Bonchev–Trinajstić information content (AvgIpc) is 2.46. The van der Waals surface area contributed by atoms with Gasteiger partial charge in [-0.3, -0.25) is 4.72 Å². The fraction of sp³-hybridized carbons (Fsp3) is 0.357. The third kappa shape index (κ3) is 4.57. The zero-order valence-corrected chi connectivity index (χ0v) is 12.2. The highest BCUT2D eigenvalue weighted by atomic mass is 32.2. The van der Waals surface area contributed by atoms with E-state index >= 15 is 0 Å². The van der Waals surface area contributed by atoms with E-state index in [9.17, 15) is 13.2 Å². The highest BCUT2D eigenvalue weighted by Gasteiger charge is 2.27. The van der Waals surface area contributed by atoms with Crippen molar-refractivity contribution in [1.29, 1.82) is 0 Å². The van der Waals surface area contributed by atoms with E-state index in [1.165, 1.54) is 6.08 Å². The van der Waals surface area contributed by atoms with E-state index in [2.05, 4.69) is 4.72 Å². The van der Waals surface area contributed by atoms with E-state index < -0.39 is 21.2 Å². The molecule has 2 N–H and O–H groups in total. The van der Waals surface area contributed by atoms with Crippen LogP contribution in [0.3, 0.4) is 0 Å². The molecule has 1 aliphatic heterocycles. The van der Waals surface area contributed by atoms with Gasteiger partial charge >= 0.3 is 5.97 Å². The molecule has 7 heteroatoms. The van der Waals surface area contributed by atoms with Gasteiger partial charge in [-0.1, -0.05) is 12.1 Å². The third-order valence-electron chi connectivity index (χ3n) is 3.17. The maximum absolute atomic E-state index is 12.3. The normalized spacial score (nSPS) is 17.0. The molecule has 0 aliphatic carbocycles. The Bertz CT molecular complexity index is 633. The molecule has 0 saturated carbocycles. The van der Waals surface area contributed by atoms with Crippen molar-refractivity contribution < 1.29 is 23.1 Å². The van der Waals surface area contributed by atoms with E-state index in [-0.39, 0.29) is 0 Å². The van der Waals surface area contributed by atoms with Crippen LogP contribution in [0.5, 0.6) is 0 Å². The molecule has 1 heterocycles. The Labute approximate surface area is 123 Å². The topological polar surface area (TPSA) is 92.7 Å². The van der Waals surface area contributed by atoms with Crippen LogP contribution in [-0.4, -0.2) is 38.0 Å². The molecule has 1 fully saturated rings. The van der Waals surface area contributed by atoms with Crippen LogP contribution in [0.1, 0.15) is 18.4 Å². The molecular formula is C14H17NO5S. The molecule has 1 aromatic rings. The summed E-state index contributed by atoms with van der Waals surface area (Å²) in [5.74, 6) is -1.05. The van der Waals surface area contributed by atoms with Gasteiger partial charge in [-0.25, -0.2) is 13.2 Å². The molecule has 114 valence electrons. The number of anilines is 1. The first-order valence-electron chi connectivity index (χ1n) is 6.58. The summed E-state index contributed by atoms with van der Waals surface area (Å²) in [6, 6.07) is 6.60. The van der Waals surface area contributed by atoms with Crippen molar-refractivity contribution >= 4 is 27.8 Å². The average molecular weight is 311 g/mol. The SMILES string of the molecule is O=C(O)/C=C/c1cccc(NS(=O)(=O)C2CCOCC2)c1. The molecule has 0 aromatic heterocycles. The molecule has 1 aromatic carbocycles. The van der Waals surface area contributed by atoms with Crippen LogP contribution >= 0.6 is 0 Å². The lowest BCUT2D eigenvalue weighted by Gasteiger charge is -2.22. The summed E-state index contributed by atoms with van der Waals surface area (Å²) in [6.07, 6.45) is 3.38. The highest BCUT2D eigenvalue weighted by Crippen LogP contribution is 2.20. The van der Waals surface area contributed by atoms with Crippen molar-refractivity contribution in [3.8, 4) is 0 Å². The molecule has 1 saturated heterocycles. The van der Waals surface area contributed by atoms with E-state index in [0.717, 1.165) is 6.08 Å². The van der Waals surface area contributed by atoms with Crippen LogP contribution in [0.25, 0.3) is 6.08 Å². The summed E-state index contributed by atoms with van der Waals surface area (Å²) in [6.45, 7) is 0.903. The number of benzene rings is 1. The predicted octanol–water partition coefficient (Wildman–Crippen LogP) is 1.71. The predicted molar refractivity (Wildman–Crippen MR) is 79.5 cm³/mol. The summed E-state index contributed by atoms with van der Waals surface area (Å²) < 4.78 is 32.2. The Kier molecular flexibility index (Phi) is 4.98. The minimum atomic E-state index is -3.45. The molecule has 0 spiro atoms. The monoisotopic (exact) mass is 311 g/mol. The molecule has 0 unspecified atom stereocenters. The molecule has 6 nitrogen and oxygen atoms in total. The largest absolute Gasteiger partial charge is 0.478 e. The number of sulfonamides is 1. The lowest BCUT2D eigenvalue weighted by Crippen LogP contribution is -2.33. The first-order chi connectivity index (χ1) is 9.97. The Morgan fingerprint density at radius 1 is 1.33 bits per heavy atom. The van der Waals surface area contributed by atoms with Crippen molar-refractivity contribution in [1.82, 2.24) is 0 Å². The van der Waals surface area contributed by atoms with Crippen LogP contribution in [-0.2, 0) is 19.6 Å². The van der Waals surface area contributed by atoms with Gasteiger partial charge in [0.15, 0.2) is 0 Å². The fourth-order valence-electron chi connectivity index (χ4n) is 2.11. The quantitative estimate of drug-likeness (QED) is 0.807. The number of rotatable bonds is 5. The Morgan fingerprint density at radius 2 is 2.05 bits per heavy atom. The maximum Gasteiger partial charge on any atom is 0.328 e. The molecule has 2 rings (SSSR count). The van der Waals surface area contributed by atoms with Gasteiger partial charge in [0, 0.05) is 25.0 Å². The Morgan fingerprint density at radius 3 is 2.71 bits per heavy atom. The number of hydrogen-bond donors (Lipinski definition) is 2. The number of carbonyl (C=O) groups is 1. The Hall–Kier alpha value is -1.86. The van der Waals surface area contributed by atoms with Gasteiger partial charge < -0.3 is 9.84 Å². The minimum Gasteiger partial charge on any atom is -0.478 e. The summed E-state index contributed by atoms with van der Waals surface area (Å²) in [4.78, 5) is 10.5. The van der Waals surface area contributed by atoms with Gasteiger partial charge in [0.25, 0.3) is 0 Å². The summed E-state index contributed by atoms with van der Waals surface area (Å²) in [5, 5.41) is 8.14. The lowest BCUT2D eigenvalue weighted by molar-refractivity contribution is -0.131. The van der Waals surface area contributed by atoms with Crippen LogP contribution in [0.2, 0.25) is 0 Å². The van der Waals surface area contributed by atoms with Gasteiger partial charge in [-0.05, 0) is 36.6 Å². The first-order valence-corrected chi connectivity index (χ1v) is 8.12. The van der Waals surface area contributed by atoms with Crippen molar-refractivity contribution in [3.05, 3.63) is 35.9 Å². The van der Waals surface area contributed by atoms with Gasteiger partial charge in [0.1, 0.15) is 0 Å². The molecule has 21 heavy (non-hydrogen) atoms. The lowest BCUT2D eigenvalue weighted by atomic mass is 10.2. The molecule has 0 bridgehead atoms. The van der Waals surface area contributed by atoms with E-state index in [1.807, 2.05) is 0 Å². The minimum absolute atomic E-state index is 0.425. The summed E-state index contributed by atoms with van der Waals surface area (Å²) in [5.41, 5.74) is 1.04. The zero-order valence-electron chi connectivity index (χ0n) is 11.4. The number of ether oxygens (including phenoxy) is 1. The van der Waals surface area contributed by atoms with Crippen molar-refractivity contribution in [2.75, 3.05) is 17.9 Å².